The minimum Gasteiger partial charge on any atom is -0.374 e. The van der Waals surface area contributed by atoms with Gasteiger partial charge in [0.2, 0.25) is 0 Å². The van der Waals surface area contributed by atoms with E-state index in [1.54, 1.807) is 19.9 Å². The van der Waals surface area contributed by atoms with Gasteiger partial charge in [-0.15, -0.1) is 6.58 Å². The quantitative estimate of drug-likeness (QED) is 0.324. The number of nitrogens with zero attached hydrogens (tertiary/aromatic N) is 1. The number of aromatic amines is 1. The molecule has 4 rings (SSSR count). The number of halogens is 1. The maximum Gasteiger partial charge on any atom is 0.130 e. The average Bonchev–Trinajstić information content (AvgIpc) is 3.35. The molecule has 1 aliphatic heterocycles. The third-order valence-electron chi connectivity index (χ3n) is 6.32. The molecule has 0 spiro atoms. The number of likely N-dealkylation sites (tertiary alicyclic amines) is 1. The van der Waals surface area contributed by atoms with Gasteiger partial charge < -0.3 is 14.7 Å². The van der Waals surface area contributed by atoms with Crippen LogP contribution in [0, 0.1) is 13.8 Å². The van der Waals surface area contributed by atoms with E-state index in [0.29, 0.717) is 5.92 Å². The number of H-pyrrole nitrogens is 1. The molecule has 1 aromatic heterocycles. The van der Waals surface area contributed by atoms with E-state index in [4.69, 9.17) is 0 Å². The number of alkyl halides is 1. The Balaban J connectivity index is 0.000000821. The number of nitrogens with one attached hydrogen (secondary N) is 1. The van der Waals surface area contributed by atoms with Crippen molar-refractivity contribution in [3.05, 3.63) is 106 Å². The zero-order valence-corrected chi connectivity index (χ0v) is 27.4. The van der Waals surface area contributed by atoms with Crippen LogP contribution in [0.15, 0.2) is 73.4 Å². The summed E-state index contributed by atoms with van der Waals surface area (Å²) >= 11 is 0. The summed E-state index contributed by atoms with van der Waals surface area (Å²) in [6.45, 7) is 28.0. The van der Waals surface area contributed by atoms with Crippen LogP contribution in [-0.2, 0) is 10.5 Å². The molecule has 1 saturated heterocycles. The number of aromatic nitrogens is 1. The second-order valence-electron chi connectivity index (χ2n) is 10.8. The predicted octanol–water partition coefficient (Wildman–Crippen LogP) is 8.75. The lowest BCUT2D eigenvalue weighted by Gasteiger charge is -2.35. The normalized spacial score (nSPS) is 14.7. The predicted molar refractivity (Wildman–Crippen MR) is 178 cm³/mol. The van der Waals surface area contributed by atoms with Gasteiger partial charge in [0.1, 0.15) is 11.5 Å². The molecular weight excluding hydrogens is 507 g/mol. The smallest absolute Gasteiger partial charge is 0.130 e. The number of piperidine rings is 1. The lowest BCUT2D eigenvalue weighted by atomic mass is 9.86. The molecule has 4 heteroatoms. The fourth-order valence-corrected chi connectivity index (χ4v) is 4.39. The molecule has 2 aromatic carbocycles. The van der Waals surface area contributed by atoms with Gasteiger partial charge in [-0.1, -0.05) is 86.2 Å². The van der Waals surface area contributed by atoms with Gasteiger partial charge in [0, 0.05) is 41.5 Å². The van der Waals surface area contributed by atoms with Gasteiger partial charge in [-0.2, -0.15) is 0 Å². The van der Waals surface area contributed by atoms with Crippen molar-refractivity contribution in [1.82, 2.24) is 9.88 Å². The Hall–Kier alpha value is -3.40. The molecule has 1 fully saturated rings. The Bertz CT molecular complexity index is 1260. The van der Waals surface area contributed by atoms with Crippen LogP contribution in [0.2, 0.25) is 0 Å². The zero-order chi connectivity index (χ0) is 31.6. The van der Waals surface area contributed by atoms with E-state index < -0.39 is 5.67 Å². The van der Waals surface area contributed by atoms with Crippen molar-refractivity contribution in [2.24, 2.45) is 0 Å². The van der Waals surface area contributed by atoms with Gasteiger partial charge in [-0.05, 0) is 85.4 Å². The summed E-state index contributed by atoms with van der Waals surface area (Å²) in [5.41, 5.74) is 4.48. The van der Waals surface area contributed by atoms with Crippen molar-refractivity contribution < 1.29 is 9.18 Å². The largest absolute Gasteiger partial charge is 0.374 e. The van der Waals surface area contributed by atoms with Crippen molar-refractivity contribution in [3.8, 4) is 0 Å². The Labute approximate surface area is 249 Å². The summed E-state index contributed by atoms with van der Waals surface area (Å²) in [4.78, 5) is 15.1. The van der Waals surface area contributed by atoms with E-state index in [1.807, 2.05) is 51.2 Å². The summed E-state index contributed by atoms with van der Waals surface area (Å²) in [5, 5.41) is 2.16. The van der Waals surface area contributed by atoms with Crippen molar-refractivity contribution in [1.29, 1.82) is 0 Å². The van der Waals surface area contributed by atoms with E-state index in [1.165, 1.54) is 35.9 Å². The molecule has 0 amide bonds. The van der Waals surface area contributed by atoms with E-state index in [0.717, 1.165) is 42.4 Å². The maximum atomic E-state index is 14.5. The van der Waals surface area contributed by atoms with Crippen molar-refractivity contribution in [3.63, 3.8) is 0 Å². The van der Waals surface area contributed by atoms with E-state index in [-0.39, 0.29) is 5.78 Å². The highest BCUT2D eigenvalue weighted by molar-refractivity contribution is 5.72. The number of allylic oxidation sites excluding steroid dienone is 1. The molecule has 226 valence electrons. The number of rotatable bonds is 3. The highest BCUT2D eigenvalue weighted by Crippen LogP contribution is 2.33. The zero-order valence-electron chi connectivity index (χ0n) is 27.4. The second-order valence-corrected chi connectivity index (χ2v) is 10.8. The maximum absolute atomic E-state index is 14.5. The fourth-order valence-electron chi connectivity index (χ4n) is 4.39. The van der Waals surface area contributed by atoms with Crippen LogP contribution in [0.5, 0.6) is 0 Å². The first kappa shape index (κ1) is 37.6. The van der Waals surface area contributed by atoms with Gasteiger partial charge in [0.05, 0.1) is 0 Å². The minimum atomic E-state index is -1.30. The van der Waals surface area contributed by atoms with Crippen molar-refractivity contribution in [2.45, 2.75) is 93.7 Å². The standard InChI is InChI=1S/C22H29FN2.C7H8.C3H6O.C3H6.C2H6/c1-15-11-19(13-20(12-15)22(4,5)23)18-7-6-10-25(14-18)17(3)21-8-9-24-16(21)2;1-7-5-3-2-4-6-7;1-3(2)4;1-3-2;1-2/h8-9,11-13,18,24H,2,6-7,10,14H2,1,3-5H3;2-6H,1H3;1-2H3;3H,1H2,2H3;1-2H3/b21-17+;;;;. The van der Waals surface area contributed by atoms with Crippen molar-refractivity contribution >= 4 is 18.1 Å². The van der Waals surface area contributed by atoms with Crippen LogP contribution >= 0.6 is 0 Å². The lowest BCUT2D eigenvalue weighted by Crippen LogP contribution is -2.37. The Morgan fingerprint density at radius 1 is 1.02 bits per heavy atom. The molecule has 2 heterocycles. The Morgan fingerprint density at radius 3 is 2.02 bits per heavy atom. The Morgan fingerprint density at radius 2 is 1.59 bits per heavy atom. The van der Waals surface area contributed by atoms with Gasteiger partial charge in [0.15, 0.2) is 0 Å². The molecule has 1 unspecified atom stereocenters. The molecule has 1 N–H and O–H groups in total. The van der Waals surface area contributed by atoms with Crippen LogP contribution in [-0.4, -0.2) is 28.8 Å². The van der Waals surface area contributed by atoms with E-state index >= 15 is 0 Å². The molecule has 0 aliphatic carbocycles. The number of hydrogen-bond acceptors (Lipinski definition) is 2. The number of aryl methyl sites for hydroxylation is 2. The van der Waals surface area contributed by atoms with Gasteiger partial charge in [-0.25, -0.2) is 4.39 Å². The minimum absolute atomic E-state index is 0.167. The molecular formula is C37H55FN2O. The highest BCUT2D eigenvalue weighted by Gasteiger charge is 2.25. The molecule has 1 atom stereocenters. The number of hydrogen-bond donors (Lipinski definition) is 1. The van der Waals surface area contributed by atoms with Gasteiger partial charge in [-0.3, -0.25) is 0 Å². The SMILES string of the molecule is C=CC.C=c1[nH]cc/c1=C(/C)N1CCCC(c2cc(C)cc(C(C)(C)F)c2)C1.CC.CC(C)=O.Cc1ccccc1. The topological polar surface area (TPSA) is 36.1 Å². The third-order valence-corrected chi connectivity index (χ3v) is 6.32. The molecule has 0 bridgehead atoms. The summed E-state index contributed by atoms with van der Waals surface area (Å²) in [6, 6.07) is 18.6. The van der Waals surface area contributed by atoms with Gasteiger partial charge in [0.25, 0.3) is 0 Å². The van der Waals surface area contributed by atoms with Crippen LogP contribution in [0.4, 0.5) is 4.39 Å². The number of ketones is 1. The molecule has 3 nitrogen and oxygen atoms in total. The number of Topliss-reactive ketones (excluding diaryl/α,β-unsaturated/α-hetero) is 1. The molecule has 41 heavy (non-hydrogen) atoms. The summed E-state index contributed by atoms with van der Waals surface area (Å²) < 4.78 is 14.5. The molecule has 1 aliphatic rings. The van der Waals surface area contributed by atoms with E-state index in [9.17, 15) is 9.18 Å². The van der Waals surface area contributed by atoms with Crippen LogP contribution in [0.3, 0.4) is 0 Å². The lowest BCUT2D eigenvalue weighted by molar-refractivity contribution is -0.115. The summed E-state index contributed by atoms with van der Waals surface area (Å²) in [6.07, 6.45) is 6.00. The Kier molecular flexibility index (Phi) is 18.0. The number of benzene rings is 2. The molecule has 0 radical (unpaired) electrons. The first-order valence-corrected chi connectivity index (χ1v) is 14.7. The van der Waals surface area contributed by atoms with Crippen LogP contribution in [0.1, 0.15) is 96.4 Å². The molecule has 0 saturated carbocycles. The van der Waals surface area contributed by atoms with Crippen molar-refractivity contribution in [2.75, 3.05) is 13.1 Å². The van der Waals surface area contributed by atoms with E-state index in [2.05, 4.69) is 74.1 Å². The first-order chi connectivity index (χ1) is 19.3. The number of carbonyl (C=O) groups is 1. The summed E-state index contributed by atoms with van der Waals surface area (Å²) in [5.74, 6) is 0.608. The second kappa shape index (κ2) is 19.6. The monoisotopic (exact) mass is 562 g/mol. The highest BCUT2D eigenvalue weighted by atomic mass is 19.1. The fraction of sp³-hybridized carbons (Fsp3) is 0.432. The third kappa shape index (κ3) is 14.7. The average molecular weight is 563 g/mol. The first-order valence-electron chi connectivity index (χ1n) is 14.7. The van der Waals surface area contributed by atoms with Crippen LogP contribution < -0.4 is 10.6 Å². The van der Waals surface area contributed by atoms with Crippen LogP contribution in [0.25, 0.3) is 12.3 Å². The van der Waals surface area contributed by atoms with Gasteiger partial charge >= 0.3 is 0 Å². The molecule has 3 aromatic rings. The number of carbonyl (C=O) groups excluding carboxylic acids is 1. The summed E-state index contributed by atoms with van der Waals surface area (Å²) in [7, 11) is 0.